The summed E-state index contributed by atoms with van der Waals surface area (Å²) in [6.07, 6.45) is 0.0306. The fourth-order valence-corrected chi connectivity index (χ4v) is 1.51. The molecule has 0 bridgehead atoms. The van der Waals surface area contributed by atoms with Gasteiger partial charge in [-0.3, -0.25) is 5.43 Å². The molecule has 0 saturated carbocycles. The van der Waals surface area contributed by atoms with Gasteiger partial charge in [0.2, 0.25) is 5.17 Å². The molecule has 0 fully saturated rings. The van der Waals surface area contributed by atoms with E-state index in [0.29, 0.717) is 16.5 Å². The molecule has 0 atom stereocenters. The van der Waals surface area contributed by atoms with Crippen LogP contribution in [0, 0.1) is 0 Å². The molecule has 0 heterocycles. The van der Waals surface area contributed by atoms with Crippen molar-refractivity contribution in [3.05, 3.63) is 23.2 Å². The van der Waals surface area contributed by atoms with Crippen molar-refractivity contribution in [3.8, 4) is 5.75 Å². The number of nitrogens with one attached hydrogen (secondary N) is 1. The number of hydrazone groups is 1. The molecule has 0 unspecified atom stereocenters. The van der Waals surface area contributed by atoms with Crippen molar-refractivity contribution >= 4 is 40.0 Å². The van der Waals surface area contributed by atoms with E-state index in [1.807, 2.05) is 13.8 Å². The predicted octanol–water partition coefficient (Wildman–Crippen LogP) is 3.26. The molecule has 1 rings (SSSR count). The monoisotopic (exact) mass is 304 g/mol. The van der Waals surface area contributed by atoms with E-state index in [2.05, 4.69) is 15.3 Å². The maximum Gasteiger partial charge on any atom is 0.370 e. The summed E-state index contributed by atoms with van der Waals surface area (Å²) in [5, 5.41) is 3.78. The minimum atomic E-state index is -0.722. The van der Waals surface area contributed by atoms with E-state index < -0.39 is 5.97 Å². The number of carbonyl (C=O) groups excluding carboxylic acids is 1. The highest BCUT2D eigenvalue weighted by Gasteiger charge is 2.08. The quantitative estimate of drug-likeness (QED) is 0.515. The third kappa shape index (κ3) is 4.96. The maximum absolute atomic E-state index is 11.0. The van der Waals surface area contributed by atoms with E-state index in [1.54, 1.807) is 18.2 Å². The predicted molar refractivity (Wildman–Crippen MR) is 76.1 cm³/mol. The number of carbonyl (C=O) groups is 1. The van der Waals surface area contributed by atoms with Gasteiger partial charge in [0.05, 0.1) is 23.9 Å². The van der Waals surface area contributed by atoms with Crippen molar-refractivity contribution in [3.63, 3.8) is 0 Å². The van der Waals surface area contributed by atoms with Crippen molar-refractivity contribution in [2.45, 2.75) is 20.0 Å². The smallest absolute Gasteiger partial charge is 0.370 e. The van der Waals surface area contributed by atoms with Gasteiger partial charge in [0.1, 0.15) is 5.75 Å². The van der Waals surface area contributed by atoms with Gasteiger partial charge >= 0.3 is 5.97 Å². The Morgan fingerprint density at radius 3 is 2.63 bits per heavy atom. The summed E-state index contributed by atoms with van der Waals surface area (Å²) in [4.78, 5) is 11.0. The summed E-state index contributed by atoms with van der Waals surface area (Å²) in [6, 6.07) is 5.02. The minimum Gasteiger partial charge on any atom is -0.489 e. The third-order valence-electron chi connectivity index (χ3n) is 1.93. The Morgan fingerprint density at radius 1 is 1.42 bits per heavy atom. The van der Waals surface area contributed by atoms with Crippen molar-refractivity contribution in [1.82, 2.24) is 0 Å². The lowest BCUT2D eigenvalue weighted by atomic mass is 10.3. The second-order valence-electron chi connectivity index (χ2n) is 3.82. The van der Waals surface area contributed by atoms with Crippen LogP contribution in [-0.2, 0) is 9.53 Å². The minimum absolute atomic E-state index is 0.0306. The largest absolute Gasteiger partial charge is 0.489 e. The van der Waals surface area contributed by atoms with Crippen LogP contribution in [0.25, 0.3) is 0 Å². The van der Waals surface area contributed by atoms with Gasteiger partial charge in [0.15, 0.2) is 0 Å². The molecule has 1 aromatic carbocycles. The van der Waals surface area contributed by atoms with Crippen LogP contribution >= 0.6 is 23.2 Å². The lowest BCUT2D eigenvalue weighted by Crippen LogP contribution is -2.11. The molecule has 1 aromatic rings. The number of ether oxygens (including phenoxy) is 2. The van der Waals surface area contributed by atoms with Gasteiger partial charge in [0.25, 0.3) is 0 Å². The molecule has 0 spiro atoms. The molecule has 0 aliphatic rings. The molecule has 104 valence electrons. The number of hydrogen-bond acceptors (Lipinski definition) is 5. The zero-order valence-electron chi connectivity index (χ0n) is 10.7. The molecular weight excluding hydrogens is 291 g/mol. The van der Waals surface area contributed by atoms with Crippen molar-refractivity contribution in [2.24, 2.45) is 5.10 Å². The lowest BCUT2D eigenvalue weighted by Gasteiger charge is -2.12. The first-order valence-corrected chi connectivity index (χ1v) is 6.23. The first-order chi connectivity index (χ1) is 8.93. The number of halogens is 2. The Morgan fingerprint density at radius 2 is 2.11 bits per heavy atom. The van der Waals surface area contributed by atoms with E-state index in [9.17, 15) is 4.79 Å². The van der Waals surface area contributed by atoms with Gasteiger partial charge < -0.3 is 9.47 Å². The molecule has 0 aliphatic heterocycles. The maximum atomic E-state index is 11.0. The molecule has 0 radical (unpaired) electrons. The lowest BCUT2D eigenvalue weighted by molar-refractivity contribution is -0.132. The molecule has 0 aromatic heterocycles. The van der Waals surface area contributed by atoms with Crippen LogP contribution in [0.3, 0.4) is 0 Å². The molecule has 5 nitrogen and oxygen atoms in total. The Labute approximate surface area is 121 Å². The number of benzene rings is 1. The first-order valence-electron chi connectivity index (χ1n) is 5.47. The Balaban J connectivity index is 2.76. The highest BCUT2D eigenvalue weighted by Crippen LogP contribution is 2.28. The second kappa shape index (κ2) is 7.21. The topological polar surface area (TPSA) is 59.9 Å². The fraction of sp³-hybridized carbons (Fsp3) is 0.333. The highest BCUT2D eigenvalue weighted by molar-refractivity contribution is 6.82. The number of methoxy groups -OCH3 is 1. The van der Waals surface area contributed by atoms with Crippen molar-refractivity contribution < 1.29 is 14.3 Å². The van der Waals surface area contributed by atoms with Gasteiger partial charge in [-0.2, -0.15) is 5.10 Å². The number of anilines is 1. The van der Waals surface area contributed by atoms with Crippen molar-refractivity contribution in [2.75, 3.05) is 12.5 Å². The molecule has 7 heteroatoms. The molecule has 19 heavy (non-hydrogen) atoms. The average Bonchev–Trinajstić information content (AvgIpc) is 2.37. The Hall–Kier alpha value is -1.46. The van der Waals surface area contributed by atoms with Crippen LogP contribution < -0.4 is 10.2 Å². The number of esters is 1. The summed E-state index contributed by atoms with van der Waals surface area (Å²) in [5.74, 6) is -0.148. The molecule has 0 amide bonds. The summed E-state index contributed by atoms with van der Waals surface area (Å²) in [7, 11) is 1.22. The number of rotatable bonds is 5. The van der Waals surface area contributed by atoms with Crippen molar-refractivity contribution in [1.29, 1.82) is 0 Å². The number of hydrogen-bond donors (Lipinski definition) is 1. The van der Waals surface area contributed by atoms with Crippen LogP contribution in [0.1, 0.15) is 13.8 Å². The van der Waals surface area contributed by atoms with Crippen LogP contribution in [0.4, 0.5) is 5.69 Å². The molecule has 1 N–H and O–H groups in total. The molecule has 0 saturated heterocycles. The Bertz CT molecular complexity index is 490. The first kappa shape index (κ1) is 15.6. The highest BCUT2D eigenvalue weighted by atomic mass is 35.5. The number of nitrogens with zero attached hydrogens (tertiary/aromatic N) is 1. The zero-order chi connectivity index (χ0) is 14.4. The third-order valence-corrected chi connectivity index (χ3v) is 2.47. The van der Waals surface area contributed by atoms with Crippen LogP contribution in [0.5, 0.6) is 5.75 Å². The average molecular weight is 305 g/mol. The Kier molecular flexibility index (Phi) is 5.92. The van der Waals surface area contributed by atoms with E-state index in [1.165, 1.54) is 7.11 Å². The van der Waals surface area contributed by atoms with Gasteiger partial charge in [0, 0.05) is 0 Å². The van der Waals surface area contributed by atoms with Gasteiger partial charge in [-0.15, -0.1) is 0 Å². The second-order valence-corrected chi connectivity index (χ2v) is 4.58. The van der Waals surface area contributed by atoms with Crippen LogP contribution in [0.2, 0.25) is 5.02 Å². The van der Waals surface area contributed by atoms with E-state index in [-0.39, 0.29) is 11.3 Å². The summed E-state index contributed by atoms with van der Waals surface area (Å²) in [6.45, 7) is 3.81. The van der Waals surface area contributed by atoms with Gasteiger partial charge in [-0.25, -0.2) is 4.79 Å². The van der Waals surface area contributed by atoms with E-state index >= 15 is 0 Å². The van der Waals surface area contributed by atoms with Gasteiger partial charge in [-0.05, 0) is 32.0 Å². The van der Waals surface area contributed by atoms with Crippen LogP contribution in [-0.4, -0.2) is 24.4 Å². The van der Waals surface area contributed by atoms with Crippen LogP contribution in [0.15, 0.2) is 23.3 Å². The summed E-state index contributed by atoms with van der Waals surface area (Å²) >= 11 is 11.6. The normalized spacial score (nSPS) is 11.4. The SMILES string of the molecule is COC(=O)/C(Cl)=N/Nc1ccc(OC(C)C)c(Cl)c1. The summed E-state index contributed by atoms with van der Waals surface area (Å²) in [5.41, 5.74) is 3.17. The van der Waals surface area contributed by atoms with Gasteiger partial charge in [-0.1, -0.05) is 23.2 Å². The standard InChI is InChI=1S/C12H14Cl2N2O3/c1-7(2)19-10-5-4-8(6-9(10)13)15-16-11(14)12(17)18-3/h4-7,15H,1-3H3/b16-11-. The summed E-state index contributed by atoms with van der Waals surface area (Å²) < 4.78 is 9.88. The van der Waals surface area contributed by atoms with E-state index in [0.717, 1.165) is 0 Å². The van der Waals surface area contributed by atoms with E-state index in [4.69, 9.17) is 27.9 Å². The molecular formula is C12H14Cl2N2O3. The zero-order valence-corrected chi connectivity index (χ0v) is 12.2. The fourth-order valence-electron chi connectivity index (χ4n) is 1.16. The molecule has 0 aliphatic carbocycles.